The minimum Gasteiger partial charge on any atom is -0.463 e. The van der Waals surface area contributed by atoms with E-state index in [9.17, 15) is 4.79 Å². The van der Waals surface area contributed by atoms with Crippen LogP contribution >= 0.6 is 0 Å². The lowest BCUT2D eigenvalue weighted by Gasteiger charge is -2.06. The molecule has 0 aliphatic rings. The van der Waals surface area contributed by atoms with Crippen molar-refractivity contribution < 1.29 is 24.1 Å². The zero-order valence-corrected chi connectivity index (χ0v) is 10.9. The number of aliphatic hydroxyl groups excluding tert-OH is 1. The summed E-state index contributed by atoms with van der Waals surface area (Å²) in [6.45, 7) is 2.53. The Hall–Kier alpha value is -0.690. The quantitative estimate of drug-likeness (QED) is 0.361. The molecule has 0 amide bonds. The van der Waals surface area contributed by atoms with E-state index in [-0.39, 0.29) is 19.2 Å². The largest absolute Gasteiger partial charge is 0.463 e. The first-order valence-corrected chi connectivity index (χ1v) is 6.43. The SMILES string of the molecule is NCCCCCC(=O)OCCOCCOCCO. The normalized spacial score (nSPS) is 10.6. The highest BCUT2D eigenvalue weighted by molar-refractivity contribution is 5.69. The number of unbranched alkanes of at least 4 members (excludes halogenated alkanes) is 2. The summed E-state index contributed by atoms with van der Waals surface area (Å²) in [6, 6.07) is 0. The van der Waals surface area contributed by atoms with Crippen molar-refractivity contribution in [2.45, 2.75) is 25.7 Å². The minimum atomic E-state index is -0.188. The van der Waals surface area contributed by atoms with Crippen molar-refractivity contribution in [2.24, 2.45) is 5.73 Å². The summed E-state index contributed by atoms with van der Waals surface area (Å²) in [7, 11) is 0. The van der Waals surface area contributed by atoms with Gasteiger partial charge in [0.15, 0.2) is 0 Å². The zero-order valence-electron chi connectivity index (χ0n) is 10.9. The van der Waals surface area contributed by atoms with Gasteiger partial charge >= 0.3 is 5.97 Å². The Bertz CT molecular complexity index is 189. The van der Waals surface area contributed by atoms with E-state index < -0.39 is 0 Å². The molecule has 3 N–H and O–H groups in total. The molecule has 0 spiro atoms. The van der Waals surface area contributed by atoms with E-state index >= 15 is 0 Å². The third kappa shape index (κ3) is 13.4. The van der Waals surface area contributed by atoms with Crippen molar-refractivity contribution in [3.05, 3.63) is 0 Å². The van der Waals surface area contributed by atoms with Crippen LogP contribution in [0, 0.1) is 0 Å². The van der Waals surface area contributed by atoms with Crippen LogP contribution in [0.15, 0.2) is 0 Å². The van der Waals surface area contributed by atoms with Gasteiger partial charge in [-0.15, -0.1) is 0 Å². The Balaban J connectivity index is 3.10. The fourth-order valence-corrected chi connectivity index (χ4v) is 1.26. The lowest BCUT2D eigenvalue weighted by atomic mass is 10.2. The van der Waals surface area contributed by atoms with Gasteiger partial charge in [-0.1, -0.05) is 6.42 Å². The number of nitrogens with two attached hydrogens (primary N) is 1. The van der Waals surface area contributed by atoms with Gasteiger partial charge in [0.25, 0.3) is 0 Å². The van der Waals surface area contributed by atoms with Gasteiger partial charge in [0.2, 0.25) is 0 Å². The van der Waals surface area contributed by atoms with Gasteiger partial charge < -0.3 is 25.1 Å². The predicted molar refractivity (Wildman–Crippen MR) is 67.2 cm³/mol. The van der Waals surface area contributed by atoms with Gasteiger partial charge in [0, 0.05) is 6.42 Å². The number of carbonyl (C=O) groups excluding carboxylic acids is 1. The molecule has 18 heavy (non-hydrogen) atoms. The molecule has 0 aromatic carbocycles. The van der Waals surface area contributed by atoms with Crippen LogP contribution in [0.3, 0.4) is 0 Å². The molecule has 6 nitrogen and oxygen atoms in total. The van der Waals surface area contributed by atoms with Crippen LogP contribution in [0.4, 0.5) is 0 Å². The van der Waals surface area contributed by atoms with E-state index in [1.807, 2.05) is 0 Å². The molecule has 0 fully saturated rings. The van der Waals surface area contributed by atoms with E-state index in [0.29, 0.717) is 39.4 Å². The number of carbonyl (C=O) groups is 1. The maximum Gasteiger partial charge on any atom is 0.305 e. The van der Waals surface area contributed by atoms with Gasteiger partial charge in [-0.3, -0.25) is 4.79 Å². The van der Waals surface area contributed by atoms with Crippen LogP contribution in [-0.4, -0.2) is 57.3 Å². The first-order chi connectivity index (χ1) is 8.81. The smallest absolute Gasteiger partial charge is 0.305 e. The van der Waals surface area contributed by atoms with Crippen molar-refractivity contribution in [1.29, 1.82) is 0 Å². The van der Waals surface area contributed by atoms with Crippen LogP contribution in [0.25, 0.3) is 0 Å². The summed E-state index contributed by atoms with van der Waals surface area (Å²) in [6.07, 6.45) is 3.18. The first-order valence-electron chi connectivity index (χ1n) is 6.43. The molecule has 6 heteroatoms. The number of aliphatic hydroxyl groups is 1. The number of esters is 1. The maximum absolute atomic E-state index is 11.2. The van der Waals surface area contributed by atoms with E-state index in [4.69, 9.17) is 25.1 Å². The Morgan fingerprint density at radius 2 is 1.61 bits per heavy atom. The summed E-state index contributed by atoms with van der Waals surface area (Å²) in [4.78, 5) is 11.2. The fraction of sp³-hybridized carbons (Fsp3) is 0.917. The molecule has 0 heterocycles. The highest BCUT2D eigenvalue weighted by atomic mass is 16.6. The summed E-state index contributed by atoms with van der Waals surface area (Å²) < 4.78 is 15.1. The Morgan fingerprint density at radius 3 is 2.28 bits per heavy atom. The van der Waals surface area contributed by atoms with E-state index in [0.717, 1.165) is 19.3 Å². The zero-order chi connectivity index (χ0) is 13.5. The van der Waals surface area contributed by atoms with Gasteiger partial charge in [0.05, 0.1) is 33.0 Å². The number of rotatable bonds is 13. The van der Waals surface area contributed by atoms with Crippen LogP contribution < -0.4 is 5.73 Å². The summed E-state index contributed by atoms with van der Waals surface area (Å²) >= 11 is 0. The Kier molecular flexibility index (Phi) is 13.8. The van der Waals surface area contributed by atoms with Crippen LogP contribution in [0.2, 0.25) is 0 Å². The number of ether oxygens (including phenoxy) is 3. The molecule has 0 aliphatic carbocycles. The van der Waals surface area contributed by atoms with Crippen molar-refractivity contribution in [2.75, 3.05) is 46.2 Å². The van der Waals surface area contributed by atoms with Gasteiger partial charge in [-0.05, 0) is 19.4 Å². The standard InChI is InChI=1S/C12H25NO5/c13-5-3-1-2-4-12(15)18-11-10-17-9-8-16-7-6-14/h14H,1-11,13H2. The van der Waals surface area contributed by atoms with Crippen LogP contribution in [-0.2, 0) is 19.0 Å². The van der Waals surface area contributed by atoms with Gasteiger partial charge in [-0.25, -0.2) is 0 Å². The van der Waals surface area contributed by atoms with Gasteiger partial charge in [-0.2, -0.15) is 0 Å². The highest BCUT2D eigenvalue weighted by Gasteiger charge is 2.01. The first kappa shape index (κ1) is 17.3. The maximum atomic E-state index is 11.2. The van der Waals surface area contributed by atoms with Crippen molar-refractivity contribution in [3.8, 4) is 0 Å². The molecule has 0 atom stereocenters. The second-order valence-electron chi connectivity index (χ2n) is 3.77. The number of hydrogen-bond acceptors (Lipinski definition) is 6. The van der Waals surface area contributed by atoms with E-state index in [1.165, 1.54) is 0 Å². The Labute approximate surface area is 108 Å². The molecule has 108 valence electrons. The van der Waals surface area contributed by atoms with Crippen molar-refractivity contribution in [3.63, 3.8) is 0 Å². The minimum absolute atomic E-state index is 0.0156. The topological polar surface area (TPSA) is 91.0 Å². The number of hydrogen-bond donors (Lipinski definition) is 2. The molecule has 0 saturated carbocycles. The summed E-state index contributed by atoms with van der Waals surface area (Å²) in [5.74, 6) is -0.188. The third-order valence-electron chi connectivity index (χ3n) is 2.18. The fourth-order valence-electron chi connectivity index (χ4n) is 1.26. The second-order valence-corrected chi connectivity index (χ2v) is 3.77. The lowest BCUT2D eigenvalue weighted by Crippen LogP contribution is -2.13. The van der Waals surface area contributed by atoms with Crippen molar-refractivity contribution >= 4 is 5.97 Å². The molecule has 0 radical (unpaired) electrons. The monoisotopic (exact) mass is 263 g/mol. The average molecular weight is 263 g/mol. The summed E-state index contributed by atoms with van der Waals surface area (Å²) in [5, 5.41) is 8.44. The van der Waals surface area contributed by atoms with Crippen LogP contribution in [0.1, 0.15) is 25.7 Å². The molecule has 0 unspecified atom stereocenters. The molecule has 0 aromatic rings. The molecule has 0 aromatic heterocycles. The van der Waals surface area contributed by atoms with Crippen molar-refractivity contribution in [1.82, 2.24) is 0 Å². The Morgan fingerprint density at radius 1 is 0.944 bits per heavy atom. The van der Waals surface area contributed by atoms with E-state index in [1.54, 1.807) is 0 Å². The van der Waals surface area contributed by atoms with Gasteiger partial charge in [0.1, 0.15) is 6.61 Å². The summed E-state index contributed by atoms with van der Waals surface area (Å²) in [5.41, 5.74) is 5.35. The highest BCUT2D eigenvalue weighted by Crippen LogP contribution is 2.00. The molecule has 0 saturated heterocycles. The lowest BCUT2D eigenvalue weighted by molar-refractivity contribution is -0.145. The van der Waals surface area contributed by atoms with E-state index in [2.05, 4.69) is 0 Å². The average Bonchev–Trinajstić information content (AvgIpc) is 2.38. The molecular formula is C12H25NO5. The predicted octanol–water partition coefficient (Wildman–Crippen LogP) is 0.0742. The molecular weight excluding hydrogens is 238 g/mol. The molecule has 0 bridgehead atoms. The second kappa shape index (κ2) is 14.4. The molecule has 0 rings (SSSR count). The third-order valence-corrected chi connectivity index (χ3v) is 2.18. The van der Waals surface area contributed by atoms with Crippen LogP contribution in [0.5, 0.6) is 0 Å². The molecule has 0 aliphatic heterocycles.